The highest BCUT2D eigenvalue weighted by molar-refractivity contribution is 5.76. The van der Waals surface area contributed by atoms with Gasteiger partial charge in [0.15, 0.2) is 0 Å². The smallest absolute Gasteiger partial charge is 0.219 e. The van der Waals surface area contributed by atoms with Crippen molar-refractivity contribution in [1.29, 1.82) is 0 Å². The van der Waals surface area contributed by atoms with E-state index in [0.29, 0.717) is 25.9 Å². The van der Waals surface area contributed by atoms with Gasteiger partial charge in [-0.05, 0) is 51.6 Å². The number of carbonyl (C=O) groups excluding carboxylic acids is 2. The number of amides is 2. The Morgan fingerprint density at radius 3 is 1.23 bits per heavy atom. The maximum Gasteiger partial charge on any atom is 0.219 e. The van der Waals surface area contributed by atoms with Crippen LogP contribution in [0.3, 0.4) is 0 Å². The summed E-state index contributed by atoms with van der Waals surface area (Å²) in [6.45, 7) is 3.00. The van der Waals surface area contributed by atoms with Gasteiger partial charge in [-0.15, -0.1) is 0 Å². The van der Waals surface area contributed by atoms with E-state index in [1.165, 1.54) is 12.8 Å². The Morgan fingerprint density at radius 1 is 0.500 bits per heavy atom. The van der Waals surface area contributed by atoms with Gasteiger partial charge in [-0.3, -0.25) is 9.59 Å². The number of hydrogen-bond acceptors (Lipinski definition) is 4. The molecule has 0 spiro atoms. The molecule has 0 heterocycles. The Kier molecular flexibility index (Phi) is 19.3. The van der Waals surface area contributed by atoms with Crippen LogP contribution in [0.2, 0.25) is 0 Å². The van der Waals surface area contributed by atoms with Crippen molar-refractivity contribution in [2.24, 2.45) is 11.5 Å². The Balaban J connectivity index is 3.21. The first-order chi connectivity index (χ1) is 12.7. The van der Waals surface area contributed by atoms with Gasteiger partial charge in [-0.1, -0.05) is 38.5 Å². The molecule has 0 aromatic rings. The molecule has 0 saturated carbocycles. The van der Waals surface area contributed by atoms with Crippen LogP contribution in [0.1, 0.15) is 89.9 Å². The minimum Gasteiger partial charge on any atom is -0.356 e. The zero-order chi connectivity index (χ0) is 19.3. The lowest BCUT2D eigenvalue weighted by molar-refractivity contribution is -0.122. The van der Waals surface area contributed by atoms with Crippen molar-refractivity contribution in [2.75, 3.05) is 26.2 Å². The number of unbranched alkanes of at least 4 members (excludes halogenated alkanes) is 9. The first-order valence-electron chi connectivity index (χ1n) is 10.6. The molecule has 0 aliphatic rings. The fraction of sp³-hybridized carbons (Fsp3) is 0.900. The van der Waals surface area contributed by atoms with E-state index in [1.807, 2.05) is 0 Å². The van der Waals surface area contributed by atoms with Gasteiger partial charge in [-0.25, -0.2) is 0 Å². The van der Waals surface area contributed by atoms with Gasteiger partial charge in [0.1, 0.15) is 0 Å². The van der Waals surface area contributed by atoms with Crippen LogP contribution in [0, 0.1) is 0 Å². The van der Waals surface area contributed by atoms with Gasteiger partial charge in [-0.2, -0.15) is 0 Å². The number of rotatable bonds is 19. The third-order valence-electron chi connectivity index (χ3n) is 4.46. The van der Waals surface area contributed by atoms with E-state index in [0.717, 1.165) is 77.3 Å². The lowest BCUT2D eigenvalue weighted by atomic mass is 10.1. The fourth-order valence-corrected chi connectivity index (χ4v) is 2.80. The van der Waals surface area contributed by atoms with E-state index in [1.54, 1.807) is 0 Å². The Hall–Kier alpha value is -1.14. The molecule has 6 heteroatoms. The van der Waals surface area contributed by atoms with Crippen molar-refractivity contribution < 1.29 is 9.59 Å². The zero-order valence-electron chi connectivity index (χ0n) is 16.7. The summed E-state index contributed by atoms with van der Waals surface area (Å²) in [4.78, 5) is 23.2. The third kappa shape index (κ3) is 19.2. The molecular weight excluding hydrogens is 328 g/mol. The lowest BCUT2D eigenvalue weighted by Gasteiger charge is -2.06. The highest BCUT2D eigenvalue weighted by atomic mass is 16.2. The van der Waals surface area contributed by atoms with Crippen LogP contribution >= 0.6 is 0 Å². The second-order valence-electron chi connectivity index (χ2n) is 7.02. The maximum absolute atomic E-state index is 11.6. The van der Waals surface area contributed by atoms with Crippen molar-refractivity contribution >= 4 is 11.8 Å². The number of nitrogens with two attached hydrogens (primary N) is 2. The third-order valence-corrected chi connectivity index (χ3v) is 4.46. The van der Waals surface area contributed by atoms with Crippen molar-refractivity contribution in [3.8, 4) is 0 Å². The van der Waals surface area contributed by atoms with Crippen molar-refractivity contribution in [3.63, 3.8) is 0 Å². The van der Waals surface area contributed by atoms with E-state index in [-0.39, 0.29) is 11.8 Å². The minimum atomic E-state index is 0.167. The summed E-state index contributed by atoms with van der Waals surface area (Å²) in [6.07, 6.45) is 14.0. The SMILES string of the molecule is NCCCCCC(=O)NCCCCCCCCNC(=O)CCCCCN. The molecule has 0 aromatic heterocycles. The van der Waals surface area contributed by atoms with Gasteiger partial charge in [0.05, 0.1) is 0 Å². The van der Waals surface area contributed by atoms with Gasteiger partial charge >= 0.3 is 0 Å². The quantitative estimate of drug-likeness (QED) is 0.262. The minimum absolute atomic E-state index is 0.167. The van der Waals surface area contributed by atoms with E-state index in [9.17, 15) is 9.59 Å². The van der Waals surface area contributed by atoms with E-state index < -0.39 is 0 Å². The summed E-state index contributed by atoms with van der Waals surface area (Å²) < 4.78 is 0. The molecule has 0 atom stereocenters. The normalized spacial score (nSPS) is 10.7. The number of nitrogens with one attached hydrogen (secondary N) is 2. The van der Waals surface area contributed by atoms with E-state index in [4.69, 9.17) is 11.5 Å². The molecule has 0 aliphatic carbocycles. The van der Waals surface area contributed by atoms with E-state index >= 15 is 0 Å². The van der Waals surface area contributed by atoms with Crippen LogP contribution in [0.4, 0.5) is 0 Å². The van der Waals surface area contributed by atoms with Crippen LogP contribution in [0.5, 0.6) is 0 Å². The summed E-state index contributed by atoms with van der Waals surface area (Å²) >= 11 is 0. The molecule has 2 amide bonds. The topological polar surface area (TPSA) is 110 Å². The molecule has 154 valence electrons. The van der Waals surface area contributed by atoms with Gasteiger partial charge < -0.3 is 22.1 Å². The molecule has 6 nitrogen and oxygen atoms in total. The Bertz CT molecular complexity index is 306. The number of hydrogen-bond donors (Lipinski definition) is 4. The first-order valence-corrected chi connectivity index (χ1v) is 10.6. The highest BCUT2D eigenvalue weighted by Gasteiger charge is 2.01. The van der Waals surface area contributed by atoms with Gasteiger partial charge in [0.2, 0.25) is 11.8 Å². The van der Waals surface area contributed by atoms with Gasteiger partial charge in [0, 0.05) is 25.9 Å². The largest absolute Gasteiger partial charge is 0.356 e. The van der Waals surface area contributed by atoms with E-state index in [2.05, 4.69) is 10.6 Å². The molecule has 0 rings (SSSR count). The molecule has 26 heavy (non-hydrogen) atoms. The fourth-order valence-electron chi connectivity index (χ4n) is 2.80. The zero-order valence-corrected chi connectivity index (χ0v) is 16.7. The second-order valence-corrected chi connectivity index (χ2v) is 7.02. The number of carbonyl (C=O) groups is 2. The summed E-state index contributed by atoms with van der Waals surface area (Å²) in [5, 5.41) is 5.97. The predicted octanol–water partition coefficient (Wildman–Crippen LogP) is 2.60. The molecule has 0 unspecified atom stereocenters. The summed E-state index contributed by atoms with van der Waals surface area (Å²) in [5.74, 6) is 0.335. The summed E-state index contributed by atoms with van der Waals surface area (Å²) in [6, 6.07) is 0. The first kappa shape index (κ1) is 24.9. The van der Waals surface area contributed by atoms with Crippen LogP contribution in [0.25, 0.3) is 0 Å². The molecule has 0 aromatic carbocycles. The molecule has 0 fully saturated rings. The highest BCUT2D eigenvalue weighted by Crippen LogP contribution is 2.05. The maximum atomic E-state index is 11.6. The summed E-state index contributed by atoms with van der Waals surface area (Å²) in [5.41, 5.74) is 10.9. The van der Waals surface area contributed by atoms with Crippen LogP contribution in [-0.2, 0) is 9.59 Å². The Labute approximate surface area is 160 Å². The van der Waals surface area contributed by atoms with Crippen molar-refractivity contribution in [3.05, 3.63) is 0 Å². The predicted molar refractivity (Wildman–Crippen MR) is 109 cm³/mol. The van der Waals surface area contributed by atoms with Crippen molar-refractivity contribution in [2.45, 2.75) is 89.9 Å². The van der Waals surface area contributed by atoms with Crippen LogP contribution in [0.15, 0.2) is 0 Å². The van der Waals surface area contributed by atoms with Gasteiger partial charge in [0.25, 0.3) is 0 Å². The summed E-state index contributed by atoms with van der Waals surface area (Å²) in [7, 11) is 0. The average molecular weight is 371 g/mol. The second kappa shape index (κ2) is 20.2. The van der Waals surface area contributed by atoms with Crippen molar-refractivity contribution in [1.82, 2.24) is 10.6 Å². The molecule has 0 bridgehead atoms. The van der Waals surface area contributed by atoms with Crippen LogP contribution in [-0.4, -0.2) is 38.0 Å². The Morgan fingerprint density at radius 2 is 0.846 bits per heavy atom. The molecule has 6 N–H and O–H groups in total. The standard InChI is InChI=1S/C20H42N4O2/c21-15-9-5-7-13-19(25)23-17-11-3-1-2-4-12-18-24-20(26)14-8-6-10-16-22/h1-18,21-22H2,(H,23,25)(H,24,26). The monoisotopic (exact) mass is 370 g/mol. The molecule has 0 radical (unpaired) electrons. The molecule has 0 aliphatic heterocycles. The lowest BCUT2D eigenvalue weighted by Crippen LogP contribution is -2.24. The molecule has 0 saturated heterocycles. The average Bonchev–Trinajstić information content (AvgIpc) is 2.64. The van der Waals surface area contributed by atoms with Crippen LogP contribution < -0.4 is 22.1 Å². The molecular formula is C20H42N4O2.